The van der Waals surface area contributed by atoms with Gasteiger partial charge in [-0.3, -0.25) is 9.63 Å². The van der Waals surface area contributed by atoms with E-state index in [1.165, 1.54) is 12.2 Å². The van der Waals surface area contributed by atoms with Gasteiger partial charge in [-0.05, 0) is 12.1 Å². The molecule has 0 aliphatic rings. The molecule has 1 amide bonds. The molecule has 0 atom stereocenters. The second-order valence-corrected chi connectivity index (χ2v) is 4.65. The van der Waals surface area contributed by atoms with E-state index in [2.05, 4.69) is 0 Å². The van der Waals surface area contributed by atoms with E-state index in [0.717, 1.165) is 9.92 Å². The summed E-state index contributed by atoms with van der Waals surface area (Å²) in [7, 11) is 3.07. The number of halogens is 1. The quantitative estimate of drug-likeness (QED) is 0.602. The molecular formula is C11H14ClNO2S. The molecule has 0 heterocycles. The maximum atomic E-state index is 11.4. The third kappa shape index (κ3) is 4.04. The number of hydroxylamine groups is 2. The van der Waals surface area contributed by atoms with Crippen molar-refractivity contribution in [2.45, 2.75) is 11.3 Å². The molecule has 0 saturated carbocycles. The van der Waals surface area contributed by atoms with Gasteiger partial charge in [0, 0.05) is 24.1 Å². The molecule has 0 unspecified atom stereocenters. The van der Waals surface area contributed by atoms with Gasteiger partial charge in [0.15, 0.2) is 0 Å². The summed E-state index contributed by atoms with van der Waals surface area (Å²) < 4.78 is 0. The van der Waals surface area contributed by atoms with Crippen molar-refractivity contribution in [2.75, 3.05) is 19.9 Å². The van der Waals surface area contributed by atoms with Gasteiger partial charge in [0.05, 0.1) is 12.1 Å². The van der Waals surface area contributed by atoms with Crippen molar-refractivity contribution in [3.63, 3.8) is 0 Å². The third-order valence-corrected chi connectivity index (χ3v) is 3.55. The fourth-order valence-electron chi connectivity index (χ4n) is 1.07. The Morgan fingerprint density at radius 1 is 1.50 bits per heavy atom. The van der Waals surface area contributed by atoms with Gasteiger partial charge < -0.3 is 0 Å². The number of thioether (sulfide) groups is 1. The van der Waals surface area contributed by atoms with E-state index in [1.807, 2.05) is 24.3 Å². The van der Waals surface area contributed by atoms with Gasteiger partial charge in [-0.2, -0.15) is 0 Å². The first kappa shape index (κ1) is 13.4. The Morgan fingerprint density at radius 3 is 2.81 bits per heavy atom. The topological polar surface area (TPSA) is 29.5 Å². The zero-order valence-corrected chi connectivity index (χ0v) is 10.8. The summed E-state index contributed by atoms with van der Waals surface area (Å²) in [6, 6.07) is 7.60. The van der Waals surface area contributed by atoms with E-state index in [0.29, 0.717) is 12.2 Å². The molecule has 5 heteroatoms. The van der Waals surface area contributed by atoms with Crippen molar-refractivity contribution >= 4 is 29.3 Å². The number of carbonyl (C=O) groups is 1. The minimum Gasteiger partial charge on any atom is -0.275 e. The lowest BCUT2D eigenvalue weighted by molar-refractivity contribution is -0.168. The fourth-order valence-corrected chi connectivity index (χ4v) is 2.25. The molecule has 0 aliphatic heterocycles. The van der Waals surface area contributed by atoms with Crippen molar-refractivity contribution < 1.29 is 9.63 Å². The molecule has 1 aromatic rings. The smallest absolute Gasteiger partial charge is 0.246 e. The van der Waals surface area contributed by atoms with Gasteiger partial charge in [-0.1, -0.05) is 23.7 Å². The van der Waals surface area contributed by atoms with E-state index < -0.39 is 0 Å². The first-order valence-corrected chi connectivity index (χ1v) is 6.19. The summed E-state index contributed by atoms with van der Waals surface area (Å²) in [5.41, 5.74) is 0. The lowest BCUT2D eigenvalue weighted by atomic mass is 10.4. The molecule has 0 aromatic heterocycles. The van der Waals surface area contributed by atoms with E-state index >= 15 is 0 Å². The Balaban J connectivity index is 2.36. The molecule has 16 heavy (non-hydrogen) atoms. The minimum absolute atomic E-state index is 0.0398. The molecule has 3 nitrogen and oxygen atoms in total. The van der Waals surface area contributed by atoms with Crippen LogP contribution in [0.2, 0.25) is 5.02 Å². The van der Waals surface area contributed by atoms with Crippen molar-refractivity contribution in [3.05, 3.63) is 29.3 Å². The number of amides is 1. The Morgan fingerprint density at radius 2 is 2.19 bits per heavy atom. The van der Waals surface area contributed by atoms with Crippen LogP contribution < -0.4 is 0 Å². The van der Waals surface area contributed by atoms with Crippen LogP contribution in [0.25, 0.3) is 0 Å². The molecule has 0 saturated heterocycles. The molecule has 0 radical (unpaired) electrons. The predicted octanol–water partition coefficient (Wildman–Crippen LogP) is 2.84. The molecule has 1 aromatic carbocycles. The van der Waals surface area contributed by atoms with Crippen molar-refractivity contribution in [2.24, 2.45) is 0 Å². The highest BCUT2D eigenvalue weighted by molar-refractivity contribution is 7.99. The van der Waals surface area contributed by atoms with Gasteiger partial charge >= 0.3 is 0 Å². The van der Waals surface area contributed by atoms with E-state index in [1.54, 1.807) is 18.8 Å². The fraction of sp³-hybridized carbons (Fsp3) is 0.364. The first-order chi connectivity index (χ1) is 7.65. The lowest BCUT2D eigenvalue weighted by Crippen LogP contribution is -2.25. The van der Waals surface area contributed by atoms with Crippen LogP contribution in [-0.4, -0.2) is 30.9 Å². The molecule has 0 spiro atoms. The van der Waals surface area contributed by atoms with Gasteiger partial charge in [-0.25, -0.2) is 5.06 Å². The largest absolute Gasteiger partial charge is 0.275 e. The van der Waals surface area contributed by atoms with E-state index in [4.69, 9.17) is 16.4 Å². The van der Waals surface area contributed by atoms with Gasteiger partial charge in [0.2, 0.25) is 5.91 Å². The predicted molar refractivity (Wildman–Crippen MR) is 66.6 cm³/mol. The van der Waals surface area contributed by atoms with Crippen LogP contribution in [0.15, 0.2) is 29.2 Å². The average Bonchev–Trinajstić information content (AvgIpc) is 2.30. The maximum Gasteiger partial charge on any atom is 0.246 e. The molecular weight excluding hydrogens is 246 g/mol. The summed E-state index contributed by atoms with van der Waals surface area (Å²) in [5, 5.41) is 1.95. The number of benzene rings is 1. The summed E-state index contributed by atoms with van der Waals surface area (Å²) in [4.78, 5) is 17.2. The second kappa shape index (κ2) is 6.78. The van der Waals surface area contributed by atoms with Crippen LogP contribution >= 0.6 is 23.4 Å². The highest BCUT2D eigenvalue weighted by Gasteiger charge is 2.08. The molecule has 0 fully saturated rings. The number of hydrogen-bond donors (Lipinski definition) is 0. The Labute approximate surface area is 105 Å². The van der Waals surface area contributed by atoms with Gasteiger partial charge in [-0.15, -0.1) is 11.8 Å². The van der Waals surface area contributed by atoms with Gasteiger partial charge in [0.25, 0.3) is 0 Å². The first-order valence-electron chi connectivity index (χ1n) is 4.83. The monoisotopic (exact) mass is 259 g/mol. The molecule has 0 N–H and O–H groups in total. The van der Waals surface area contributed by atoms with Crippen LogP contribution in [-0.2, 0) is 9.63 Å². The highest BCUT2D eigenvalue weighted by atomic mass is 35.5. The summed E-state index contributed by atoms with van der Waals surface area (Å²) in [6.07, 6.45) is 0.431. The Hall–Kier alpha value is -0.710. The molecule has 0 aliphatic carbocycles. The zero-order valence-electron chi connectivity index (χ0n) is 9.27. The maximum absolute atomic E-state index is 11.4. The van der Waals surface area contributed by atoms with Crippen molar-refractivity contribution in [1.82, 2.24) is 5.06 Å². The summed E-state index contributed by atoms with van der Waals surface area (Å²) in [5.74, 6) is 0.651. The van der Waals surface area contributed by atoms with Crippen molar-refractivity contribution in [1.29, 1.82) is 0 Å². The highest BCUT2D eigenvalue weighted by Crippen LogP contribution is 2.26. The van der Waals surface area contributed by atoms with E-state index in [-0.39, 0.29) is 5.91 Å². The summed E-state index contributed by atoms with van der Waals surface area (Å²) >= 11 is 7.56. The molecule has 0 bridgehead atoms. The zero-order chi connectivity index (χ0) is 12.0. The summed E-state index contributed by atoms with van der Waals surface area (Å²) in [6.45, 7) is 0. The van der Waals surface area contributed by atoms with E-state index in [9.17, 15) is 4.79 Å². The molecule has 88 valence electrons. The van der Waals surface area contributed by atoms with Crippen LogP contribution in [0.4, 0.5) is 0 Å². The Kier molecular flexibility index (Phi) is 5.66. The number of nitrogens with zero attached hydrogens (tertiary/aromatic N) is 1. The van der Waals surface area contributed by atoms with Crippen LogP contribution in [0.5, 0.6) is 0 Å². The lowest BCUT2D eigenvalue weighted by Gasteiger charge is -2.13. The SMILES string of the molecule is CON(C)C(=O)CCSc1ccccc1Cl. The molecule has 1 rings (SSSR count). The van der Waals surface area contributed by atoms with Crippen LogP contribution in [0.1, 0.15) is 6.42 Å². The number of hydrogen-bond acceptors (Lipinski definition) is 3. The second-order valence-electron chi connectivity index (χ2n) is 3.10. The Bertz CT molecular complexity index is 360. The van der Waals surface area contributed by atoms with Gasteiger partial charge in [0.1, 0.15) is 0 Å². The number of rotatable bonds is 5. The van der Waals surface area contributed by atoms with Crippen molar-refractivity contribution in [3.8, 4) is 0 Å². The standard InChI is InChI=1S/C11H14ClNO2S/c1-13(15-2)11(14)7-8-16-10-6-4-3-5-9(10)12/h3-6H,7-8H2,1-2H3. The van der Waals surface area contributed by atoms with Crippen LogP contribution in [0, 0.1) is 0 Å². The normalized spacial score (nSPS) is 10.2. The average molecular weight is 260 g/mol. The minimum atomic E-state index is -0.0398. The number of carbonyl (C=O) groups excluding carboxylic acids is 1. The van der Waals surface area contributed by atoms with Crippen LogP contribution in [0.3, 0.4) is 0 Å². The third-order valence-electron chi connectivity index (χ3n) is 2.04.